The molecule has 16 heavy (non-hydrogen) atoms. The quantitative estimate of drug-likeness (QED) is 0.779. The van der Waals surface area contributed by atoms with Gasteiger partial charge >= 0.3 is 0 Å². The molecule has 0 aliphatic heterocycles. The van der Waals surface area contributed by atoms with Crippen molar-refractivity contribution in [1.82, 2.24) is 9.97 Å². The van der Waals surface area contributed by atoms with Crippen LogP contribution in [0.2, 0.25) is 5.15 Å². The first-order valence-electron chi connectivity index (χ1n) is 5.49. The summed E-state index contributed by atoms with van der Waals surface area (Å²) in [6, 6.07) is 1.84. The molecule has 0 aliphatic carbocycles. The van der Waals surface area contributed by atoms with E-state index in [0.29, 0.717) is 17.4 Å². The van der Waals surface area contributed by atoms with Crippen molar-refractivity contribution in [2.45, 2.75) is 45.8 Å². The van der Waals surface area contributed by atoms with Crippen LogP contribution >= 0.6 is 11.6 Å². The van der Waals surface area contributed by atoms with Crippen molar-refractivity contribution in [3.05, 3.63) is 17.0 Å². The molecule has 5 heteroatoms. The van der Waals surface area contributed by atoms with Crippen LogP contribution in [0.4, 0.5) is 5.82 Å². The molecule has 2 unspecified atom stereocenters. The minimum absolute atomic E-state index is 0.149. The third kappa shape index (κ3) is 4.33. The van der Waals surface area contributed by atoms with Crippen molar-refractivity contribution in [3.63, 3.8) is 0 Å². The number of aromatic nitrogens is 2. The zero-order chi connectivity index (χ0) is 12.1. The molecular formula is C11H18ClN3O. The van der Waals surface area contributed by atoms with Gasteiger partial charge in [0.15, 0.2) is 0 Å². The SMILES string of the molecule is CCc1nc(Cl)cc(NC(C)CC(C)O)n1. The summed E-state index contributed by atoms with van der Waals surface area (Å²) >= 11 is 5.88. The molecule has 0 radical (unpaired) electrons. The molecule has 1 aromatic rings. The van der Waals surface area contributed by atoms with E-state index in [4.69, 9.17) is 11.6 Å². The third-order valence-corrected chi connectivity index (χ3v) is 2.34. The standard InChI is InChI=1S/C11H18ClN3O/c1-4-10-14-9(12)6-11(15-10)13-7(2)5-8(3)16/h6-8,16H,4-5H2,1-3H3,(H,13,14,15). The molecule has 0 fully saturated rings. The Kier molecular flexibility index (Phi) is 4.96. The topological polar surface area (TPSA) is 58.0 Å². The van der Waals surface area contributed by atoms with E-state index in [1.807, 2.05) is 13.8 Å². The molecule has 0 aliphatic rings. The van der Waals surface area contributed by atoms with Crippen LogP contribution in [0.25, 0.3) is 0 Å². The van der Waals surface area contributed by atoms with Crippen LogP contribution in [0.1, 0.15) is 33.0 Å². The molecule has 2 N–H and O–H groups in total. The van der Waals surface area contributed by atoms with Gasteiger partial charge in [-0.1, -0.05) is 18.5 Å². The monoisotopic (exact) mass is 243 g/mol. The Bertz CT molecular complexity index is 344. The highest BCUT2D eigenvalue weighted by Gasteiger charge is 2.08. The van der Waals surface area contributed by atoms with E-state index >= 15 is 0 Å². The number of hydrogen-bond donors (Lipinski definition) is 2. The molecule has 4 nitrogen and oxygen atoms in total. The molecule has 1 rings (SSSR count). The number of hydrogen-bond acceptors (Lipinski definition) is 4. The first-order valence-corrected chi connectivity index (χ1v) is 5.87. The first-order chi connectivity index (χ1) is 7.51. The molecule has 2 atom stereocenters. The van der Waals surface area contributed by atoms with Crippen LogP contribution in [0.5, 0.6) is 0 Å². The van der Waals surface area contributed by atoms with E-state index in [1.54, 1.807) is 13.0 Å². The summed E-state index contributed by atoms with van der Waals surface area (Å²) in [5.41, 5.74) is 0. The van der Waals surface area contributed by atoms with Crippen LogP contribution < -0.4 is 5.32 Å². The highest BCUT2D eigenvalue weighted by atomic mass is 35.5. The van der Waals surface area contributed by atoms with Crippen molar-refractivity contribution in [1.29, 1.82) is 0 Å². The van der Waals surface area contributed by atoms with Crippen LogP contribution in [-0.2, 0) is 6.42 Å². The Morgan fingerprint density at radius 1 is 1.44 bits per heavy atom. The molecule has 0 aromatic carbocycles. The predicted octanol–water partition coefficient (Wildman–Crippen LogP) is 2.26. The lowest BCUT2D eigenvalue weighted by molar-refractivity contribution is 0.179. The molecular weight excluding hydrogens is 226 g/mol. The molecule has 0 saturated heterocycles. The number of aliphatic hydroxyl groups excluding tert-OH is 1. The van der Waals surface area contributed by atoms with Crippen molar-refractivity contribution in [2.24, 2.45) is 0 Å². The minimum atomic E-state index is -0.328. The summed E-state index contributed by atoms with van der Waals surface area (Å²) < 4.78 is 0. The molecule has 0 amide bonds. The third-order valence-electron chi connectivity index (χ3n) is 2.15. The zero-order valence-electron chi connectivity index (χ0n) is 9.87. The summed E-state index contributed by atoms with van der Waals surface area (Å²) in [4.78, 5) is 8.40. The van der Waals surface area contributed by atoms with Crippen molar-refractivity contribution < 1.29 is 5.11 Å². The minimum Gasteiger partial charge on any atom is -0.393 e. The number of aliphatic hydroxyl groups is 1. The average molecular weight is 244 g/mol. The Morgan fingerprint density at radius 3 is 2.69 bits per heavy atom. The van der Waals surface area contributed by atoms with Gasteiger partial charge in [-0.25, -0.2) is 9.97 Å². The second kappa shape index (κ2) is 6.01. The van der Waals surface area contributed by atoms with E-state index in [-0.39, 0.29) is 12.1 Å². The lowest BCUT2D eigenvalue weighted by atomic mass is 10.1. The summed E-state index contributed by atoms with van der Waals surface area (Å²) in [6.45, 7) is 5.74. The van der Waals surface area contributed by atoms with Gasteiger partial charge in [-0.15, -0.1) is 0 Å². The first kappa shape index (κ1) is 13.2. The van der Waals surface area contributed by atoms with Gasteiger partial charge in [0, 0.05) is 18.5 Å². The number of nitrogens with one attached hydrogen (secondary N) is 1. The van der Waals surface area contributed by atoms with Crippen LogP contribution in [0.3, 0.4) is 0 Å². The van der Waals surface area contributed by atoms with Gasteiger partial charge in [-0.05, 0) is 20.3 Å². The van der Waals surface area contributed by atoms with Crippen molar-refractivity contribution in [2.75, 3.05) is 5.32 Å². The van der Waals surface area contributed by atoms with Gasteiger partial charge in [0.2, 0.25) is 0 Å². The van der Waals surface area contributed by atoms with Crippen LogP contribution in [-0.4, -0.2) is 27.2 Å². The second-order valence-corrected chi connectivity index (χ2v) is 4.36. The highest BCUT2D eigenvalue weighted by Crippen LogP contribution is 2.14. The van der Waals surface area contributed by atoms with Crippen LogP contribution in [0, 0.1) is 0 Å². The number of nitrogens with zero attached hydrogens (tertiary/aromatic N) is 2. The summed E-state index contributed by atoms with van der Waals surface area (Å²) in [5.74, 6) is 1.43. The van der Waals surface area contributed by atoms with E-state index in [1.165, 1.54) is 0 Å². The lowest BCUT2D eigenvalue weighted by Gasteiger charge is -2.16. The maximum absolute atomic E-state index is 9.26. The fourth-order valence-electron chi connectivity index (χ4n) is 1.52. The van der Waals surface area contributed by atoms with Gasteiger partial charge in [-0.3, -0.25) is 0 Å². The van der Waals surface area contributed by atoms with E-state index in [0.717, 1.165) is 12.2 Å². The number of anilines is 1. The summed E-state index contributed by atoms with van der Waals surface area (Å²) in [6.07, 6.45) is 1.09. The summed E-state index contributed by atoms with van der Waals surface area (Å²) in [5, 5.41) is 12.9. The molecule has 0 bridgehead atoms. The van der Waals surface area contributed by atoms with Crippen molar-refractivity contribution in [3.8, 4) is 0 Å². The van der Waals surface area contributed by atoms with E-state index in [2.05, 4.69) is 15.3 Å². The molecule has 0 spiro atoms. The fraction of sp³-hybridized carbons (Fsp3) is 0.636. The second-order valence-electron chi connectivity index (χ2n) is 3.98. The van der Waals surface area contributed by atoms with Crippen LogP contribution in [0.15, 0.2) is 6.07 Å². The van der Waals surface area contributed by atoms with Gasteiger partial charge in [0.05, 0.1) is 6.10 Å². The van der Waals surface area contributed by atoms with Gasteiger partial charge in [-0.2, -0.15) is 0 Å². The normalized spacial score (nSPS) is 14.6. The predicted molar refractivity (Wildman–Crippen MR) is 65.8 cm³/mol. The largest absolute Gasteiger partial charge is 0.393 e. The Labute approximate surface area is 101 Å². The maximum Gasteiger partial charge on any atom is 0.134 e. The fourth-order valence-corrected chi connectivity index (χ4v) is 1.72. The molecule has 90 valence electrons. The molecule has 0 saturated carbocycles. The van der Waals surface area contributed by atoms with E-state index < -0.39 is 0 Å². The Hall–Kier alpha value is -0.870. The van der Waals surface area contributed by atoms with Gasteiger partial charge in [0.1, 0.15) is 16.8 Å². The van der Waals surface area contributed by atoms with Gasteiger partial charge in [0.25, 0.3) is 0 Å². The highest BCUT2D eigenvalue weighted by molar-refractivity contribution is 6.29. The Balaban J connectivity index is 2.69. The van der Waals surface area contributed by atoms with Crippen molar-refractivity contribution >= 4 is 17.4 Å². The number of halogens is 1. The Morgan fingerprint density at radius 2 is 2.12 bits per heavy atom. The summed E-state index contributed by atoms with van der Waals surface area (Å²) in [7, 11) is 0. The molecule has 1 heterocycles. The average Bonchev–Trinajstić information content (AvgIpc) is 2.14. The smallest absolute Gasteiger partial charge is 0.134 e. The maximum atomic E-state index is 9.26. The van der Waals surface area contributed by atoms with Gasteiger partial charge < -0.3 is 10.4 Å². The van der Waals surface area contributed by atoms with E-state index in [9.17, 15) is 5.11 Å². The lowest BCUT2D eigenvalue weighted by Crippen LogP contribution is -2.21. The molecule has 1 aromatic heterocycles. The zero-order valence-corrected chi connectivity index (χ0v) is 10.6. The number of rotatable bonds is 5. The number of aryl methyl sites for hydroxylation is 1.